The van der Waals surface area contributed by atoms with Crippen molar-refractivity contribution < 1.29 is 24.5 Å². The van der Waals surface area contributed by atoms with E-state index in [0.29, 0.717) is 0 Å². The third-order valence-electron chi connectivity index (χ3n) is 1.27. The predicted molar refractivity (Wildman–Crippen MR) is 34.7 cm³/mol. The van der Waals surface area contributed by atoms with Crippen LogP contribution >= 0.6 is 0 Å². The molecule has 0 aliphatic rings. The lowest BCUT2D eigenvalue weighted by molar-refractivity contribution is -0.130. The van der Waals surface area contributed by atoms with E-state index in [-0.39, 0.29) is 0 Å². The summed E-state index contributed by atoms with van der Waals surface area (Å²) in [5.41, 5.74) is 0. The summed E-state index contributed by atoms with van der Waals surface area (Å²) < 4.78 is 12.5. The average molecular weight is 166 g/mol. The molecule has 5 heteroatoms. The lowest BCUT2D eigenvalue weighted by atomic mass is 10.1. The van der Waals surface area contributed by atoms with Crippen molar-refractivity contribution in [3.8, 4) is 0 Å². The molecule has 66 valence electrons. The number of hydrogen-bond donors (Lipinski definition) is 3. The van der Waals surface area contributed by atoms with Gasteiger partial charge in [-0.3, -0.25) is 4.79 Å². The van der Waals surface area contributed by atoms with Crippen molar-refractivity contribution in [2.24, 2.45) is 0 Å². The van der Waals surface area contributed by atoms with Crippen LogP contribution in [0.15, 0.2) is 0 Å². The van der Waals surface area contributed by atoms with Crippen LogP contribution in [0, 0.1) is 0 Å². The topological polar surface area (TPSA) is 77.8 Å². The quantitative estimate of drug-likeness (QED) is 0.481. The monoisotopic (exact) mass is 166 g/mol. The van der Waals surface area contributed by atoms with Crippen molar-refractivity contribution in [2.45, 2.75) is 25.3 Å². The van der Waals surface area contributed by atoms with Crippen molar-refractivity contribution in [3.05, 3.63) is 0 Å². The predicted octanol–water partition coefficient (Wildman–Crippen LogP) is -1.37. The molecule has 11 heavy (non-hydrogen) atoms. The Balaban J connectivity index is 4.00. The molecule has 0 heterocycles. The largest absolute Gasteiger partial charge is 0.394 e. The second kappa shape index (κ2) is 4.38. The van der Waals surface area contributed by atoms with Gasteiger partial charge in [0.1, 0.15) is 12.2 Å². The molecule has 0 amide bonds. The van der Waals surface area contributed by atoms with E-state index in [1.165, 1.54) is 0 Å². The van der Waals surface area contributed by atoms with Gasteiger partial charge in [0.15, 0.2) is 12.0 Å². The fourth-order valence-electron chi connectivity index (χ4n) is 0.544. The zero-order chi connectivity index (χ0) is 9.02. The minimum Gasteiger partial charge on any atom is -0.394 e. The highest BCUT2D eigenvalue weighted by Gasteiger charge is 2.28. The number of carbonyl (C=O) groups is 1. The fraction of sp³-hybridized carbons (Fsp3) is 0.833. The molecular formula is C6H11FO4. The van der Waals surface area contributed by atoms with E-state index in [4.69, 9.17) is 15.3 Å². The third kappa shape index (κ3) is 2.92. The van der Waals surface area contributed by atoms with E-state index < -0.39 is 30.8 Å². The van der Waals surface area contributed by atoms with Crippen LogP contribution < -0.4 is 0 Å². The Morgan fingerprint density at radius 2 is 2.00 bits per heavy atom. The van der Waals surface area contributed by atoms with Crippen molar-refractivity contribution >= 4 is 5.78 Å². The molecule has 0 aromatic carbocycles. The minimum absolute atomic E-state index is 0.769. The number of aliphatic hydroxyl groups excluding tert-OH is 3. The number of carbonyl (C=O) groups excluding carboxylic acids is 1. The summed E-state index contributed by atoms with van der Waals surface area (Å²) in [5.74, 6) is -0.870. The summed E-state index contributed by atoms with van der Waals surface area (Å²) in [5, 5.41) is 25.7. The second-order valence-electron chi connectivity index (χ2n) is 2.25. The van der Waals surface area contributed by atoms with E-state index in [1.54, 1.807) is 0 Å². The molecule has 0 aromatic heterocycles. The van der Waals surface area contributed by atoms with Crippen molar-refractivity contribution in [1.82, 2.24) is 0 Å². The molecule has 0 saturated carbocycles. The summed E-state index contributed by atoms with van der Waals surface area (Å²) in [6, 6.07) is 0. The van der Waals surface area contributed by atoms with Gasteiger partial charge in [0.05, 0.1) is 6.61 Å². The van der Waals surface area contributed by atoms with Gasteiger partial charge in [-0.15, -0.1) is 0 Å². The van der Waals surface area contributed by atoms with Gasteiger partial charge < -0.3 is 15.3 Å². The molecule has 0 rings (SSSR count). The number of aliphatic hydroxyl groups is 3. The van der Waals surface area contributed by atoms with Gasteiger partial charge in [0.25, 0.3) is 0 Å². The Labute approximate surface area is 63.3 Å². The van der Waals surface area contributed by atoms with Crippen LogP contribution in [0.25, 0.3) is 0 Å². The van der Waals surface area contributed by atoms with Gasteiger partial charge in [-0.25, -0.2) is 4.39 Å². The highest BCUT2D eigenvalue weighted by atomic mass is 19.1. The SMILES string of the molecule is CC(=O)[C@@H](F)[C@@H](O)[C@H](O)CO. The highest BCUT2D eigenvalue weighted by molar-refractivity contribution is 5.80. The molecule has 3 N–H and O–H groups in total. The smallest absolute Gasteiger partial charge is 0.186 e. The number of alkyl halides is 1. The van der Waals surface area contributed by atoms with Gasteiger partial charge in [-0.1, -0.05) is 0 Å². The Morgan fingerprint density at radius 3 is 2.27 bits per heavy atom. The van der Waals surface area contributed by atoms with Gasteiger partial charge >= 0.3 is 0 Å². The van der Waals surface area contributed by atoms with Crippen LogP contribution in [0.1, 0.15) is 6.92 Å². The Bertz CT molecular complexity index is 139. The normalized spacial score (nSPS) is 19.0. The van der Waals surface area contributed by atoms with Crippen LogP contribution in [0.4, 0.5) is 4.39 Å². The molecule has 0 saturated heterocycles. The van der Waals surface area contributed by atoms with Gasteiger partial charge in [-0.2, -0.15) is 0 Å². The first kappa shape index (κ1) is 10.5. The number of Topliss-reactive ketones (excluding diaryl/α,β-unsaturated/α-hetero) is 1. The van der Waals surface area contributed by atoms with Crippen molar-refractivity contribution in [2.75, 3.05) is 6.61 Å². The number of rotatable bonds is 4. The maximum atomic E-state index is 12.5. The zero-order valence-corrected chi connectivity index (χ0v) is 6.07. The molecule has 0 fully saturated rings. The Hall–Kier alpha value is -0.520. The molecule has 0 aromatic rings. The molecule has 0 aliphatic carbocycles. The van der Waals surface area contributed by atoms with Gasteiger partial charge in [-0.05, 0) is 6.92 Å². The van der Waals surface area contributed by atoms with Gasteiger partial charge in [0, 0.05) is 0 Å². The summed E-state index contributed by atoms with van der Waals surface area (Å²) in [6.45, 7) is 0.187. The molecule has 0 bridgehead atoms. The average Bonchev–Trinajstić information content (AvgIpc) is 2.00. The van der Waals surface area contributed by atoms with Crippen LogP contribution in [-0.4, -0.2) is 46.1 Å². The number of hydrogen-bond acceptors (Lipinski definition) is 4. The van der Waals surface area contributed by atoms with E-state index in [9.17, 15) is 9.18 Å². The number of ketones is 1. The maximum Gasteiger partial charge on any atom is 0.186 e. The minimum atomic E-state index is -2.13. The van der Waals surface area contributed by atoms with E-state index in [2.05, 4.69) is 0 Å². The van der Waals surface area contributed by atoms with E-state index in [0.717, 1.165) is 6.92 Å². The molecule has 0 unspecified atom stereocenters. The fourth-order valence-corrected chi connectivity index (χ4v) is 0.544. The first-order chi connectivity index (χ1) is 5.00. The summed E-state index contributed by atoms with van der Waals surface area (Å²) in [7, 11) is 0. The summed E-state index contributed by atoms with van der Waals surface area (Å²) in [6.07, 6.45) is -5.57. The Morgan fingerprint density at radius 1 is 1.55 bits per heavy atom. The molecular weight excluding hydrogens is 155 g/mol. The van der Waals surface area contributed by atoms with Crippen LogP contribution in [0.2, 0.25) is 0 Å². The van der Waals surface area contributed by atoms with Crippen molar-refractivity contribution in [3.63, 3.8) is 0 Å². The van der Waals surface area contributed by atoms with Gasteiger partial charge in [0.2, 0.25) is 0 Å². The number of halogens is 1. The van der Waals surface area contributed by atoms with Crippen LogP contribution in [0.5, 0.6) is 0 Å². The highest BCUT2D eigenvalue weighted by Crippen LogP contribution is 2.04. The Kier molecular flexibility index (Phi) is 4.17. The first-order valence-electron chi connectivity index (χ1n) is 3.12. The molecule has 3 atom stereocenters. The molecule has 0 radical (unpaired) electrons. The lowest BCUT2D eigenvalue weighted by Crippen LogP contribution is -2.40. The summed E-state index contributed by atoms with van der Waals surface area (Å²) >= 11 is 0. The zero-order valence-electron chi connectivity index (χ0n) is 6.07. The first-order valence-corrected chi connectivity index (χ1v) is 3.12. The lowest BCUT2D eigenvalue weighted by Gasteiger charge is -2.17. The second-order valence-corrected chi connectivity index (χ2v) is 2.25. The van der Waals surface area contributed by atoms with Crippen LogP contribution in [0.3, 0.4) is 0 Å². The van der Waals surface area contributed by atoms with E-state index >= 15 is 0 Å². The standard InChI is InChI=1S/C6H11FO4/c1-3(9)5(7)6(11)4(10)2-8/h4-6,8,10-11H,2H2,1H3/t4-,5-,6+/m1/s1. The molecule has 4 nitrogen and oxygen atoms in total. The summed E-state index contributed by atoms with van der Waals surface area (Å²) in [4.78, 5) is 10.3. The molecule has 0 spiro atoms. The van der Waals surface area contributed by atoms with E-state index in [1.807, 2.05) is 0 Å². The van der Waals surface area contributed by atoms with Crippen molar-refractivity contribution in [1.29, 1.82) is 0 Å². The third-order valence-corrected chi connectivity index (χ3v) is 1.27. The maximum absolute atomic E-state index is 12.5. The van der Waals surface area contributed by atoms with Crippen LogP contribution in [-0.2, 0) is 4.79 Å². The molecule has 0 aliphatic heterocycles.